The molecule has 7 nitrogen and oxygen atoms in total. The average Bonchev–Trinajstić information content (AvgIpc) is 3.25. The van der Waals surface area contributed by atoms with Gasteiger partial charge in [0.15, 0.2) is 17.2 Å². The van der Waals surface area contributed by atoms with E-state index in [0.29, 0.717) is 31.3 Å². The summed E-state index contributed by atoms with van der Waals surface area (Å²) >= 11 is 0. The molecule has 7 heteroatoms. The lowest BCUT2D eigenvalue weighted by molar-refractivity contribution is 0.0736. The lowest BCUT2D eigenvalue weighted by atomic mass is 10.1. The van der Waals surface area contributed by atoms with E-state index < -0.39 is 0 Å². The summed E-state index contributed by atoms with van der Waals surface area (Å²) in [6.45, 7) is 3.36. The third kappa shape index (κ3) is 4.18. The lowest BCUT2D eigenvalue weighted by Gasteiger charge is -2.26. The molecule has 0 spiro atoms. The number of benzene rings is 2. The molecule has 29 heavy (non-hydrogen) atoms. The maximum absolute atomic E-state index is 12.9. The number of fused-ring (bicyclic) bond motifs is 1. The summed E-state index contributed by atoms with van der Waals surface area (Å²) in [6.07, 6.45) is 0. The van der Waals surface area contributed by atoms with Crippen LogP contribution in [0.5, 0.6) is 17.2 Å². The molecule has 1 aromatic heterocycles. The molecule has 1 aliphatic heterocycles. The van der Waals surface area contributed by atoms with E-state index in [1.165, 1.54) is 0 Å². The summed E-state index contributed by atoms with van der Waals surface area (Å²) in [5.74, 6) is 2.03. The SMILES string of the molecule is C[C@@H](c1ccc2c(c1)OCCO2)N(C)C(=O)c1cc(COc2ccccc2)[nH]n1. The van der Waals surface area contributed by atoms with E-state index in [0.717, 1.165) is 22.8 Å². The van der Waals surface area contributed by atoms with Crippen LogP contribution >= 0.6 is 0 Å². The second-order valence-electron chi connectivity index (χ2n) is 6.88. The van der Waals surface area contributed by atoms with Gasteiger partial charge in [-0.1, -0.05) is 24.3 Å². The topological polar surface area (TPSA) is 76.7 Å². The molecule has 0 radical (unpaired) electrons. The molecule has 1 amide bonds. The van der Waals surface area contributed by atoms with Crippen molar-refractivity contribution in [3.63, 3.8) is 0 Å². The largest absolute Gasteiger partial charge is 0.487 e. The fourth-order valence-corrected chi connectivity index (χ4v) is 3.12. The van der Waals surface area contributed by atoms with E-state index in [2.05, 4.69) is 10.2 Å². The highest BCUT2D eigenvalue weighted by Gasteiger charge is 2.23. The first-order chi connectivity index (χ1) is 14.1. The number of para-hydroxylation sites is 1. The predicted octanol–water partition coefficient (Wildman–Crippen LogP) is 3.59. The molecule has 0 aliphatic carbocycles. The van der Waals surface area contributed by atoms with Gasteiger partial charge in [0.25, 0.3) is 5.91 Å². The van der Waals surface area contributed by atoms with E-state index in [1.54, 1.807) is 18.0 Å². The molecular weight excluding hydrogens is 370 g/mol. The van der Waals surface area contributed by atoms with Crippen molar-refractivity contribution in [1.29, 1.82) is 0 Å². The number of carbonyl (C=O) groups is 1. The Morgan fingerprint density at radius 3 is 2.69 bits per heavy atom. The summed E-state index contributed by atoms with van der Waals surface area (Å²) in [6, 6.07) is 16.8. The summed E-state index contributed by atoms with van der Waals surface area (Å²) in [4.78, 5) is 14.5. The number of hydrogen-bond donors (Lipinski definition) is 1. The minimum absolute atomic E-state index is 0.154. The first kappa shape index (κ1) is 18.9. The maximum atomic E-state index is 12.9. The molecule has 0 saturated carbocycles. The van der Waals surface area contributed by atoms with Crippen LogP contribution < -0.4 is 14.2 Å². The molecule has 0 saturated heterocycles. The van der Waals surface area contributed by atoms with Gasteiger partial charge in [-0.25, -0.2) is 0 Å². The fourth-order valence-electron chi connectivity index (χ4n) is 3.12. The van der Waals surface area contributed by atoms with Gasteiger partial charge in [0.2, 0.25) is 0 Å². The highest BCUT2D eigenvalue weighted by molar-refractivity contribution is 5.92. The van der Waals surface area contributed by atoms with Crippen LogP contribution in [0.3, 0.4) is 0 Å². The molecular formula is C22H23N3O4. The lowest BCUT2D eigenvalue weighted by Crippen LogP contribution is -2.30. The molecule has 2 aromatic carbocycles. The first-order valence-corrected chi connectivity index (χ1v) is 9.50. The van der Waals surface area contributed by atoms with Gasteiger partial charge in [-0.2, -0.15) is 5.10 Å². The molecule has 0 bridgehead atoms. The zero-order chi connectivity index (χ0) is 20.2. The van der Waals surface area contributed by atoms with Crippen molar-refractivity contribution in [2.45, 2.75) is 19.6 Å². The number of H-pyrrole nitrogens is 1. The van der Waals surface area contributed by atoms with E-state index in [4.69, 9.17) is 14.2 Å². The zero-order valence-electron chi connectivity index (χ0n) is 16.4. The molecule has 0 unspecified atom stereocenters. The number of amides is 1. The van der Waals surface area contributed by atoms with Crippen molar-refractivity contribution in [3.05, 3.63) is 71.5 Å². The van der Waals surface area contributed by atoms with Crippen molar-refractivity contribution in [2.24, 2.45) is 0 Å². The van der Waals surface area contributed by atoms with Gasteiger partial charge >= 0.3 is 0 Å². The van der Waals surface area contributed by atoms with Crippen molar-refractivity contribution < 1.29 is 19.0 Å². The number of ether oxygens (including phenoxy) is 3. The zero-order valence-corrected chi connectivity index (χ0v) is 16.4. The number of nitrogens with one attached hydrogen (secondary N) is 1. The smallest absolute Gasteiger partial charge is 0.274 e. The average molecular weight is 393 g/mol. The number of aromatic nitrogens is 2. The molecule has 2 heterocycles. The van der Waals surface area contributed by atoms with Crippen LogP contribution in [0.1, 0.15) is 34.7 Å². The number of hydrogen-bond acceptors (Lipinski definition) is 5. The Hall–Kier alpha value is -3.48. The van der Waals surface area contributed by atoms with Gasteiger partial charge in [0.1, 0.15) is 25.6 Å². The van der Waals surface area contributed by atoms with Gasteiger partial charge in [0, 0.05) is 7.05 Å². The van der Waals surface area contributed by atoms with Crippen LogP contribution in [0.25, 0.3) is 0 Å². The molecule has 4 rings (SSSR count). The number of carbonyl (C=O) groups excluding carboxylic acids is 1. The Bertz CT molecular complexity index is 987. The minimum Gasteiger partial charge on any atom is -0.487 e. The number of nitrogens with zero attached hydrogens (tertiary/aromatic N) is 2. The quantitative estimate of drug-likeness (QED) is 0.693. The van der Waals surface area contributed by atoms with E-state index in [9.17, 15) is 4.79 Å². The van der Waals surface area contributed by atoms with Gasteiger partial charge in [-0.15, -0.1) is 0 Å². The molecule has 1 atom stereocenters. The standard InChI is InChI=1S/C22H23N3O4/c1-15(16-8-9-20-21(12-16)28-11-10-27-20)25(2)22(26)19-13-17(23-24-19)14-29-18-6-4-3-5-7-18/h3-9,12-13,15H,10-11,14H2,1-2H3,(H,23,24)/t15-/m0/s1. The molecule has 1 N–H and O–H groups in total. The van der Waals surface area contributed by atoms with Crippen molar-refractivity contribution in [2.75, 3.05) is 20.3 Å². The van der Waals surface area contributed by atoms with E-state index >= 15 is 0 Å². The molecule has 0 fully saturated rings. The summed E-state index contributed by atoms with van der Waals surface area (Å²) < 4.78 is 16.9. The summed E-state index contributed by atoms with van der Waals surface area (Å²) in [7, 11) is 1.76. The minimum atomic E-state index is -0.172. The maximum Gasteiger partial charge on any atom is 0.274 e. The third-order valence-electron chi connectivity index (χ3n) is 4.94. The number of rotatable bonds is 6. The van der Waals surface area contributed by atoms with Gasteiger partial charge in [0.05, 0.1) is 11.7 Å². The van der Waals surface area contributed by atoms with Crippen LogP contribution in [0, 0.1) is 0 Å². The third-order valence-corrected chi connectivity index (χ3v) is 4.94. The van der Waals surface area contributed by atoms with Crippen molar-refractivity contribution >= 4 is 5.91 Å². The van der Waals surface area contributed by atoms with Crippen molar-refractivity contribution in [3.8, 4) is 17.2 Å². The van der Waals surface area contributed by atoms with Crippen LogP contribution in [0.2, 0.25) is 0 Å². The van der Waals surface area contributed by atoms with E-state index in [-0.39, 0.29) is 11.9 Å². The van der Waals surface area contributed by atoms with Crippen molar-refractivity contribution in [1.82, 2.24) is 15.1 Å². The van der Waals surface area contributed by atoms with Gasteiger partial charge < -0.3 is 19.1 Å². The Labute approximate surface area is 169 Å². The van der Waals surface area contributed by atoms with Crippen LogP contribution in [0.15, 0.2) is 54.6 Å². The number of aromatic amines is 1. The fraction of sp³-hybridized carbons (Fsp3) is 0.273. The monoisotopic (exact) mass is 393 g/mol. The highest BCUT2D eigenvalue weighted by atomic mass is 16.6. The van der Waals surface area contributed by atoms with Crippen LogP contribution in [-0.2, 0) is 6.61 Å². The second kappa shape index (κ2) is 8.26. The molecule has 1 aliphatic rings. The first-order valence-electron chi connectivity index (χ1n) is 9.50. The summed E-state index contributed by atoms with van der Waals surface area (Å²) in [5, 5.41) is 7.03. The van der Waals surface area contributed by atoms with Crippen LogP contribution in [0.4, 0.5) is 0 Å². The Morgan fingerprint density at radius 1 is 1.14 bits per heavy atom. The van der Waals surface area contributed by atoms with E-state index in [1.807, 2.05) is 55.5 Å². The molecule has 3 aromatic rings. The normalized spacial score (nSPS) is 13.6. The van der Waals surface area contributed by atoms with Gasteiger partial charge in [-0.05, 0) is 42.8 Å². The second-order valence-corrected chi connectivity index (χ2v) is 6.88. The van der Waals surface area contributed by atoms with Gasteiger partial charge in [-0.3, -0.25) is 9.89 Å². The Kier molecular flexibility index (Phi) is 5.37. The molecule has 150 valence electrons. The Morgan fingerprint density at radius 2 is 1.90 bits per heavy atom. The van der Waals surface area contributed by atoms with Crippen LogP contribution in [-0.4, -0.2) is 41.3 Å². The summed E-state index contributed by atoms with van der Waals surface area (Å²) in [5.41, 5.74) is 2.05. The Balaban J connectivity index is 1.41. The predicted molar refractivity (Wildman–Crippen MR) is 107 cm³/mol. The highest BCUT2D eigenvalue weighted by Crippen LogP contribution is 2.34.